The first-order valence-corrected chi connectivity index (χ1v) is 7.76. The molecular weight excluding hydrogens is 329 g/mol. The van der Waals surface area contributed by atoms with Crippen LogP contribution in [0.1, 0.15) is 11.1 Å². The molecule has 19 heavy (non-hydrogen) atoms. The average Bonchev–Trinajstić information content (AvgIpc) is 2.26. The van der Waals surface area contributed by atoms with Gasteiger partial charge in [-0.3, -0.25) is 4.21 Å². The molecule has 2 N–H and O–H groups in total. The zero-order chi connectivity index (χ0) is 14.0. The third-order valence-corrected chi connectivity index (χ3v) is 4.55. The van der Waals surface area contributed by atoms with Gasteiger partial charge in [0.25, 0.3) is 0 Å². The van der Waals surface area contributed by atoms with Crippen LogP contribution in [-0.2, 0) is 16.6 Å². The standard InChI is InChI=1S/C14H13BrFNOS/c1-9-2-3-14(13(17)4-9)19(18)8-10-5-11(15)7-12(16)6-10/h2-7H,8,17H2,1H3. The molecule has 2 nitrogen and oxygen atoms in total. The van der Waals surface area contributed by atoms with E-state index in [-0.39, 0.29) is 11.6 Å². The molecule has 0 aromatic heterocycles. The number of nitrogens with two attached hydrogens (primary N) is 1. The van der Waals surface area contributed by atoms with Gasteiger partial charge >= 0.3 is 0 Å². The van der Waals surface area contributed by atoms with Crippen LogP contribution in [0.5, 0.6) is 0 Å². The van der Waals surface area contributed by atoms with E-state index < -0.39 is 10.8 Å². The Hall–Kier alpha value is -1.20. The largest absolute Gasteiger partial charge is 0.398 e. The Labute approximate surface area is 122 Å². The second-order valence-electron chi connectivity index (χ2n) is 4.31. The van der Waals surface area contributed by atoms with Gasteiger partial charge in [-0.05, 0) is 48.4 Å². The Balaban J connectivity index is 2.25. The van der Waals surface area contributed by atoms with Crippen molar-refractivity contribution >= 4 is 32.4 Å². The van der Waals surface area contributed by atoms with Gasteiger partial charge in [-0.1, -0.05) is 22.0 Å². The number of aryl methyl sites for hydroxylation is 1. The Morgan fingerprint density at radius 3 is 2.63 bits per heavy atom. The van der Waals surface area contributed by atoms with E-state index in [1.807, 2.05) is 13.0 Å². The molecule has 0 heterocycles. The van der Waals surface area contributed by atoms with Gasteiger partial charge in [0.15, 0.2) is 0 Å². The second-order valence-corrected chi connectivity index (χ2v) is 6.64. The summed E-state index contributed by atoms with van der Waals surface area (Å²) >= 11 is 3.22. The number of hydrogen-bond donors (Lipinski definition) is 1. The van der Waals surface area contributed by atoms with Crippen LogP contribution in [0.4, 0.5) is 10.1 Å². The summed E-state index contributed by atoms with van der Waals surface area (Å²) in [6, 6.07) is 9.92. The first-order chi connectivity index (χ1) is 8.95. The van der Waals surface area contributed by atoms with Gasteiger partial charge in [-0.2, -0.15) is 0 Å². The maximum Gasteiger partial charge on any atom is 0.124 e. The molecule has 5 heteroatoms. The molecule has 0 aliphatic heterocycles. The van der Waals surface area contributed by atoms with E-state index >= 15 is 0 Å². The molecule has 1 unspecified atom stereocenters. The lowest BCUT2D eigenvalue weighted by atomic mass is 10.2. The Morgan fingerprint density at radius 1 is 1.26 bits per heavy atom. The molecule has 0 amide bonds. The second kappa shape index (κ2) is 5.84. The van der Waals surface area contributed by atoms with Crippen LogP contribution in [-0.4, -0.2) is 4.21 Å². The fraction of sp³-hybridized carbons (Fsp3) is 0.143. The van der Waals surface area contributed by atoms with Crippen molar-refractivity contribution < 1.29 is 8.60 Å². The summed E-state index contributed by atoms with van der Waals surface area (Å²) in [5.41, 5.74) is 8.06. The maximum atomic E-state index is 13.3. The highest BCUT2D eigenvalue weighted by atomic mass is 79.9. The summed E-state index contributed by atoms with van der Waals surface area (Å²) in [5.74, 6) is -0.109. The number of nitrogen functional groups attached to an aromatic ring is 1. The van der Waals surface area contributed by atoms with Crippen LogP contribution in [0.2, 0.25) is 0 Å². The number of rotatable bonds is 3. The molecule has 2 rings (SSSR count). The molecule has 0 spiro atoms. The molecule has 2 aromatic carbocycles. The fourth-order valence-electron chi connectivity index (χ4n) is 1.80. The lowest BCUT2D eigenvalue weighted by Crippen LogP contribution is -2.01. The van der Waals surface area contributed by atoms with Crippen LogP contribution >= 0.6 is 15.9 Å². The summed E-state index contributed by atoms with van der Waals surface area (Å²) in [5, 5.41) is 0. The monoisotopic (exact) mass is 341 g/mol. The topological polar surface area (TPSA) is 43.1 Å². The van der Waals surface area contributed by atoms with Crippen LogP contribution in [0.25, 0.3) is 0 Å². The van der Waals surface area contributed by atoms with Gasteiger partial charge in [0.1, 0.15) is 5.82 Å². The van der Waals surface area contributed by atoms with Crippen molar-refractivity contribution in [2.45, 2.75) is 17.6 Å². The molecule has 100 valence electrons. The van der Waals surface area contributed by atoms with Crippen LogP contribution in [0, 0.1) is 12.7 Å². The smallest absolute Gasteiger partial charge is 0.124 e. The number of benzene rings is 2. The predicted molar refractivity (Wildman–Crippen MR) is 79.8 cm³/mol. The van der Waals surface area contributed by atoms with Gasteiger partial charge in [-0.15, -0.1) is 0 Å². The molecule has 0 bridgehead atoms. The molecule has 0 saturated carbocycles. The Bertz CT molecular complexity index is 625. The fourth-order valence-corrected chi connectivity index (χ4v) is 3.48. The normalized spacial score (nSPS) is 12.4. The minimum Gasteiger partial charge on any atom is -0.398 e. The molecule has 0 aliphatic carbocycles. The number of anilines is 1. The van der Waals surface area contributed by atoms with E-state index in [1.54, 1.807) is 18.2 Å². The van der Waals surface area contributed by atoms with E-state index in [4.69, 9.17) is 5.73 Å². The third kappa shape index (κ3) is 3.64. The lowest BCUT2D eigenvalue weighted by molar-refractivity contribution is 0.625. The molecule has 0 radical (unpaired) electrons. The molecule has 0 saturated heterocycles. The van der Waals surface area contributed by atoms with Crippen LogP contribution < -0.4 is 5.73 Å². The number of halogens is 2. The van der Waals surface area contributed by atoms with Crippen molar-refractivity contribution in [2.75, 3.05) is 5.73 Å². The summed E-state index contributed by atoms with van der Waals surface area (Å²) in [4.78, 5) is 0.589. The minimum absolute atomic E-state index is 0.240. The molecule has 1 atom stereocenters. The van der Waals surface area contributed by atoms with E-state index in [9.17, 15) is 8.60 Å². The van der Waals surface area contributed by atoms with E-state index in [2.05, 4.69) is 15.9 Å². The maximum absolute atomic E-state index is 13.3. The van der Waals surface area contributed by atoms with Gasteiger partial charge in [0.2, 0.25) is 0 Å². The third-order valence-electron chi connectivity index (χ3n) is 2.63. The summed E-state index contributed by atoms with van der Waals surface area (Å²) < 4.78 is 26.2. The van der Waals surface area contributed by atoms with E-state index in [0.29, 0.717) is 20.6 Å². The molecule has 2 aromatic rings. The van der Waals surface area contributed by atoms with Gasteiger partial charge < -0.3 is 5.73 Å². The van der Waals surface area contributed by atoms with Crippen molar-refractivity contribution in [1.29, 1.82) is 0 Å². The Kier molecular flexibility index (Phi) is 4.37. The van der Waals surface area contributed by atoms with Gasteiger partial charge in [0.05, 0.1) is 21.4 Å². The van der Waals surface area contributed by atoms with E-state index in [1.165, 1.54) is 12.1 Å². The van der Waals surface area contributed by atoms with E-state index in [0.717, 1.165) is 5.56 Å². The SMILES string of the molecule is Cc1ccc(S(=O)Cc2cc(F)cc(Br)c2)c(N)c1. The van der Waals surface area contributed by atoms with Crippen molar-refractivity contribution in [3.05, 3.63) is 57.8 Å². The van der Waals surface area contributed by atoms with Gasteiger partial charge in [0, 0.05) is 10.2 Å². The predicted octanol–water partition coefficient (Wildman–Crippen LogP) is 3.79. The van der Waals surface area contributed by atoms with Crippen molar-refractivity contribution in [2.24, 2.45) is 0 Å². The zero-order valence-electron chi connectivity index (χ0n) is 10.3. The number of hydrogen-bond acceptors (Lipinski definition) is 2. The van der Waals surface area contributed by atoms with Crippen molar-refractivity contribution in [3.63, 3.8) is 0 Å². The van der Waals surface area contributed by atoms with Crippen molar-refractivity contribution in [3.8, 4) is 0 Å². The van der Waals surface area contributed by atoms with Crippen molar-refractivity contribution in [1.82, 2.24) is 0 Å². The summed E-state index contributed by atoms with van der Waals surface area (Å²) in [6.07, 6.45) is 0. The summed E-state index contributed by atoms with van der Waals surface area (Å²) in [7, 11) is -1.28. The highest BCUT2D eigenvalue weighted by Gasteiger charge is 2.10. The highest BCUT2D eigenvalue weighted by molar-refractivity contribution is 9.10. The van der Waals surface area contributed by atoms with Crippen LogP contribution in [0.3, 0.4) is 0 Å². The van der Waals surface area contributed by atoms with Crippen LogP contribution in [0.15, 0.2) is 45.8 Å². The molecule has 0 fully saturated rings. The first kappa shape index (κ1) is 14.2. The molecule has 0 aliphatic rings. The quantitative estimate of drug-likeness (QED) is 0.863. The highest BCUT2D eigenvalue weighted by Crippen LogP contribution is 2.22. The zero-order valence-corrected chi connectivity index (χ0v) is 12.7. The summed E-state index contributed by atoms with van der Waals surface area (Å²) in [6.45, 7) is 1.92. The average molecular weight is 342 g/mol. The molecular formula is C14H13BrFNOS. The minimum atomic E-state index is -1.28. The first-order valence-electron chi connectivity index (χ1n) is 5.65. The lowest BCUT2D eigenvalue weighted by Gasteiger charge is -2.07. The Morgan fingerprint density at radius 2 is 2.00 bits per heavy atom. The van der Waals surface area contributed by atoms with Gasteiger partial charge in [-0.25, -0.2) is 4.39 Å².